The van der Waals surface area contributed by atoms with Gasteiger partial charge in [0.25, 0.3) is 5.91 Å². The topological polar surface area (TPSA) is 78.4 Å². The zero-order valence-electron chi connectivity index (χ0n) is 12.1. The molecule has 2 amide bonds. The van der Waals surface area contributed by atoms with Crippen molar-refractivity contribution in [2.24, 2.45) is 0 Å². The number of rotatable bonds is 3. The lowest BCUT2D eigenvalue weighted by Crippen LogP contribution is -2.12. The molecule has 0 saturated heterocycles. The summed E-state index contributed by atoms with van der Waals surface area (Å²) in [6, 6.07) is 9.53. The molecule has 0 spiro atoms. The molecule has 0 aromatic heterocycles. The van der Waals surface area contributed by atoms with Gasteiger partial charge >= 0.3 is 0 Å². The Labute approximate surface area is 132 Å². The minimum atomic E-state index is -0.444. The lowest BCUT2D eigenvalue weighted by atomic mass is 10.1. The van der Waals surface area contributed by atoms with Gasteiger partial charge in [0, 0.05) is 12.6 Å². The Hall–Kier alpha value is -2.53. The van der Waals surface area contributed by atoms with Crippen LogP contribution in [0.25, 0.3) is 0 Å². The number of carbonyl (C=O) groups excluding carboxylic acids is 2. The molecule has 0 heterocycles. The molecule has 22 heavy (non-hydrogen) atoms. The fourth-order valence-corrected chi connectivity index (χ4v) is 2.14. The highest BCUT2D eigenvalue weighted by Crippen LogP contribution is 2.26. The van der Waals surface area contributed by atoms with Gasteiger partial charge in [-0.05, 0) is 42.8 Å². The molecule has 0 aliphatic carbocycles. The zero-order chi connectivity index (χ0) is 16.3. The van der Waals surface area contributed by atoms with E-state index in [1.165, 1.54) is 19.1 Å². The summed E-state index contributed by atoms with van der Waals surface area (Å²) in [5, 5.41) is 15.3. The van der Waals surface area contributed by atoms with E-state index < -0.39 is 5.91 Å². The maximum absolute atomic E-state index is 12.1. The number of aryl methyl sites for hydroxylation is 1. The monoisotopic (exact) mass is 318 g/mol. The molecule has 6 heteroatoms. The molecule has 0 bridgehead atoms. The number of hydrogen-bond acceptors (Lipinski definition) is 3. The van der Waals surface area contributed by atoms with E-state index >= 15 is 0 Å². The molecule has 2 rings (SSSR count). The zero-order valence-corrected chi connectivity index (χ0v) is 12.9. The summed E-state index contributed by atoms with van der Waals surface area (Å²) in [5.74, 6) is -0.762. The number of amides is 2. The number of phenolic OH excluding ortho intramolecular Hbond substituents is 1. The maximum Gasteiger partial charge on any atom is 0.259 e. The standard InChI is InChI=1S/C16H15ClN2O3/c1-9-3-5-12(15(21)7-9)16(22)19-11-4-6-14(13(17)8-11)18-10(2)20/h3-8,21H,1-2H3,(H,18,20)(H,19,22). The van der Waals surface area contributed by atoms with Gasteiger partial charge in [0.15, 0.2) is 0 Å². The highest BCUT2D eigenvalue weighted by Gasteiger charge is 2.12. The summed E-state index contributed by atoms with van der Waals surface area (Å²) in [4.78, 5) is 23.1. The molecule has 0 radical (unpaired) electrons. The first kappa shape index (κ1) is 15.9. The Morgan fingerprint density at radius 1 is 1.09 bits per heavy atom. The van der Waals surface area contributed by atoms with Gasteiger partial charge in [-0.2, -0.15) is 0 Å². The van der Waals surface area contributed by atoms with Gasteiger partial charge in [0.05, 0.1) is 16.3 Å². The van der Waals surface area contributed by atoms with Crippen molar-refractivity contribution in [2.45, 2.75) is 13.8 Å². The highest BCUT2D eigenvalue weighted by atomic mass is 35.5. The molecule has 0 aliphatic heterocycles. The summed E-state index contributed by atoms with van der Waals surface area (Å²) in [7, 11) is 0. The molecule has 0 atom stereocenters. The van der Waals surface area contributed by atoms with Crippen LogP contribution < -0.4 is 10.6 Å². The minimum absolute atomic E-state index is 0.0848. The summed E-state index contributed by atoms with van der Waals surface area (Å²) >= 11 is 6.04. The second-order valence-electron chi connectivity index (χ2n) is 4.85. The number of hydrogen-bond donors (Lipinski definition) is 3. The number of aromatic hydroxyl groups is 1. The van der Waals surface area contributed by atoms with Crippen molar-refractivity contribution in [3.05, 3.63) is 52.5 Å². The SMILES string of the molecule is CC(=O)Nc1ccc(NC(=O)c2ccc(C)cc2O)cc1Cl. The van der Waals surface area contributed by atoms with Crippen molar-refractivity contribution in [1.82, 2.24) is 0 Å². The first-order valence-electron chi connectivity index (χ1n) is 6.55. The van der Waals surface area contributed by atoms with Gasteiger partial charge < -0.3 is 15.7 Å². The molecule has 2 aromatic rings. The van der Waals surface area contributed by atoms with E-state index in [1.54, 1.807) is 24.3 Å². The Morgan fingerprint density at radius 3 is 2.41 bits per heavy atom. The van der Waals surface area contributed by atoms with Crippen LogP contribution in [-0.4, -0.2) is 16.9 Å². The van der Waals surface area contributed by atoms with Crippen molar-refractivity contribution < 1.29 is 14.7 Å². The number of phenols is 1. The fraction of sp³-hybridized carbons (Fsp3) is 0.125. The average molecular weight is 319 g/mol. The Balaban J connectivity index is 2.18. The average Bonchev–Trinajstić information content (AvgIpc) is 2.41. The van der Waals surface area contributed by atoms with Crippen LogP contribution in [-0.2, 0) is 4.79 Å². The van der Waals surface area contributed by atoms with Gasteiger partial charge in [-0.1, -0.05) is 17.7 Å². The number of anilines is 2. The van der Waals surface area contributed by atoms with Crippen molar-refractivity contribution in [2.75, 3.05) is 10.6 Å². The molecule has 0 fully saturated rings. The predicted molar refractivity (Wildman–Crippen MR) is 86.6 cm³/mol. The molecule has 0 aliphatic rings. The van der Waals surface area contributed by atoms with Crippen LogP contribution in [0.1, 0.15) is 22.8 Å². The summed E-state index contributed by atoms with van der Waals surface area (Å²) in [6.07, 6.45) is 0. The fourth-order valence-electron chi connectivity index (χ4n) is 1.92. The van der Waals surface area contributed by atoms with Crippen LogP contribution in [0.2, 0.25) is 5.02 Å². The predicted octanol–water partition coefficient (Wildman–Crippen LogP) is 3.56. The normalized spacial score (nSPS) is 10.1. The van der Waals surface area contributed by atoms with Gasteiger partial charge in [-0.3, -0.25) is 9.59 Å². The van der Waals surface area contributed by atoms with Gasteiger partial charge in [-0.15, -0.1) is 0 Å². The van der Waals surface area contributed by atoms with Gasteiger partial charge in [0.1, 0.15) is 5.75 Å². The van der Waals surface area contributed by atoms with Crippen molar-refractivity contribution in [1.29, 1.82) is 0 Å². The molecule has 3 N–H and O–H groups in total. The second kappa shape index (κ2) is 6.49. The highest BCUT2D eigenvalue weighted by molar-refractivity contribution is 6.34. The third kappa shape index (κ3) is 3.77. The third-order valence-corrected chi connectivity index (χ3v) is 3.25. The first-order valence-corrected chi connectivity index (χ1v) is 6.92. The van der Waals surface area contributed by atoms with Crippen LogP contribution in [0.3, 0.4) is 0 Å². The molecule has 0 saturated carbocycles. The largest absolute Gasteiger partial charge is 0.507 e. The molecule has 5 nitrogen and oxygen atoms in total. The van der Waals surface area contributed by atoms with Crippen LogP contribution >= 0.6 is 11.6 Å². The van der Waals surface area contributed by atoms with E-state index in [4.69, 9.17) is 11.6 Å². The van der Waals surface area contributed by atoms with Crippen LogP contribution in [0, 0.1) is 6.92 Å². The molecule has 0 unspecified atom stereocenters. The van der Waals surface area contributed by atoms with E-state index in [0.29, 0.717) is 16.4 Å². The van der Waals surface area contributed by atoms with E-state index in [-0.39, 0.29) is 17.2 Å². The van der Waals surface area contributed by atoms with E-state index in [1.807, 2.05) is 6.92 Å². The van der Waals surface area contributed by atoms with Crippen molar-refractivity contribution in [3.63, 3.8) is 0 Å². The number of nitrogens with one attached hydrogen (secondary N) is 2. The van der Waals surface area contributed by atoms with Crippen LogP contribution in [0.5, 0.6) is 5.75 Å². The molecule has 114 valence electrons. The first-order chi connectivity index (χ1) is 10.4. The Kier molecular flexibility index (Phi) is 4.68. The van der Waals surface area contributed by atoms with Crippen molar-refractivity contribution >= 4 is 34.8 Å². The van der Waals surface area contributed by atoms with E-state index in [2.05, 4.69) is 10.6 Å². The van der Waals surface area contributed by atoms with Gasteiger partial charge in [-0.25, -0.2) is 0 Å². The van der Waals surface area contributed by atoms with Gasteiger partial charge in [0.2, 0.25) is 5.91 Å². The quantitative estimate of drug-likeness (QED) is 0.809. The lowest BCUT2D eigenvalue weighted by Gasteiger charge is -2.10. The Morgan fingerprint density at radius 2 is 1.82 bits per heavy atom. The minimum Gasteiger partial charge on any atom is -0.507 e. The van der Waals surface area contributed by atoms with E-state index in [9.17, 15) is 14.7 Å². The van der Waals surface area contributed by atoms with Crippen LogP contribution in [0.15, 0.2) is 36.4 Å². The second-order valence-corrected chi connectivity index (χ2v) is 5.26. The number of halogens is 1. The lowest BCUT2D eigenvalue weighted by molar-refractivity contribution is -0.114. The molecular formula is C16H15ClN2O3. The molecular weight excluding hydrogens is 304 g/mol. The van der Waals surface area contributed by atoms with Crippen LogP contribution in [0.4, 0.5) is 11.4 Å². The van der Waals surface area contributed by atoms with Crippen molar-refractivity contribution in [3.8, 4) is 5.75 Å². The van der Waals surface area contributed by atoms with E-state index in [0.717, 1.165) is 5.56 Å². The molecule has 2 aromatic carbocycles. The third-order valence-electron chi connectivity index (χ3n) is 2.94. The Bertz CT molecular complexity index is 744. The number of benzene rings is 2. The smallest absolute Gasteiger partial charge is 0.259 e. The maximum atomic E-state index is 12.1. The summed E-state index contributed by atoms with van der Waals surface area (Å²) < 4.78 is 0. The summed E-state index contributed by atoms with van der Waals surface area (Å²) in [5.41, 5.74) is 1.96. The number of carbonyl (C=O) groups is 2. The summed E-state index contributed by atoms with van der Waals surface area (Å²) in [6.45, 7) is 3.20.